The standard InChI is InChI=1S/C19H14F6O3S2/c1-15-9(5-8(7-26)29-15)12-13(18(22,23)19(24,25)17(12,20)21)10-6-11(30-16(10,15)2)14-27-3-4-28-14/h5-7,14H,3-4H2,1-2H3. The van der Waals surface area contributed by atoms with Gasteiger partial charge in [-0.15, -0.1) is 23.5 Å². The molecule has 2 fully saturated rings. The Hall–Kier alpha value is -1.17. The highest BCUT2D eigenvalue weighted by Gasteiger charge is 2.84. The summed E-state index contributed by atoms with van der Waals surface area (Å²) in [5, 5.41) is 0. The van der Waals surface area contributed by atoms with E-state index in [1.54, 1.807) is 0 Å². The first kappa shape index (κ1) is 20.7. The van der Waals surface area contributed by atoms with Crippen LogP contribution in [0.2, 0.25) is 0 Å². The first-order valence-corrected chi connectivity index (χ1v) is 10.6. The topological polar surface area (TPSA) is 35.5 Å². The van der Waals surface area contributed by atoms with Gasteiger partial charge in [-0.2, -0.15) is 26.3 Å². The van der Waals surface area contributed by atoms with Gasteiger partial charge in [0.25, 0.3) is 0 Å². The van der Waals surface area contributed by atoms with Crippen molar-refractivity contribution < 1.29 is 40.6 Å². The number of hydrogen-bond acceptors (Lipinski definition) is 5. The van der Waals surface area contributed by atoms with Crippen molar-refractivity contribution in [1.29, 1.82) is 0 Å². The minimum Gasteiger partial charge on any atom is -0.346 e. The second kappa shape index (κ2) is 5.79. The van der Waals surface area contributed by atoms with E-state index in [2.05, 4.69) is 0 Å². The molecule has 30 heavy (non-hydrogen) atoms. The molecule has 0 aromatic carbocycles. The highest BCUT2D eigenvalue weighted by molar-refractivity contribution is 8.09. The van der Waals surface area contributed by atoms with Crippen LogP contribution in [0.4, 0.5) is 26.3 Å². The van der Waals surface area contributed by atoms with Crippen molar-refractivity contribution >= 4 is 29.8 Å². The highest BCUT2D eigenvalue weighted by Crippen LogP contribution is 2.74. The Labute approximate surface area is 175 Å². The molecular formula is C19H14F6O3S2. The van der Waals surface area contributed by atoms with E-state index in [1.807, 2.05) is 0 Å². The van der Waals surface area contributed by atoms with E-state index in [0.29, 0.717) is 11.2 Å². The van der Waals surface area contributed by atoms with E-state index < -0.39 is 44.7 Å². The van der Waals surface area contributed by atoms with Gasteiger partial charge in [0.05, 0.1) is 22.7 Å². The van der Waals surface area contributed by atoms with Crippen LogP contribution in [-0.2, 0) is 14.3 Å². The molecule has 2 aliphatic carbocycles. The van der Waals surface area contributed by atoms with Gasteiger partial charge in [-0.25, -0.2) is 0 Å². The Kier molecular flexibility index (Phi) is 4.00. The predicted octanol–water partition coefficient (Wildman–Crippen LogP) is 4.86. The molecule has 3 aliphatic heterocycles. The lowest BCUT2D eigenvalue weighted by molar-refractivity contribution is -0.258. The zero-order valence-electron chi connectivity index (χ0n) is 15.5. The van der Waals surface area contributed by atoms with E-state index in [4.69, 9.17) is 9.47 Å². The zero-order chi connectivity index (χ0) is 21.9. The number of alkyl halides is 6. The lowest BCUT2D eigenvalue weighted by Crippen LogP contribution is -2.49. The van der Waals surface area contributed by atoms with Crippen molar-refractivity contribution in [3.05, 3.63) is 44.3 Å². The number of allylic oxidation sites excluding steroid dienone is 5. The van der Waals surface area contributed by atoms with E-state index in [-0.39, 0.29) is 29.3 Å². The maximum Gasteiger partial charge on any atom is 0.380 e. The molecule has 0 aromatic heterocycles. The lowest BCUT2D eigenvalue weighted by Gasteiger charge is -2.47. The molecule has 2 unspecified atom stereocenters. The molecule has 162 valence electrons. The summed E-state index contributed by atoms with van der Waals surface area (Å²) in [6.07, 6.45) is 1.76. The highest BCUT2D eigenvalue weighted by atomic mass is 32.2. The number of thioether (sulfide) groups is 2. The average molecular weight is 468 g/mol. The van der Waals surface area contributed by atoms with Gasteiger partial charge < -0.3 is 9.47 Å². The largest absolute Gasteiger partial charge is 0.380 e. The molecule has 11 heteroatoms. The molecule has 2 atom stereocenters. The maximum absolute atomic E-state index is 14.9. The Morgan fingerprint density at radius 1 is 0.900 bits per heavy atom. The fourth-order valence-corrected chi connectivity index (χ4v) is 7.64. The first-order valence-electron chi connectivity index (χ1n) is 8.97. The van der Waals surface area contributed by atoms with Crippen LogP contribution in [0.1, 0.15) is 13.8 Å². The molecule has 1 saturated heterocycles. The summed E-state index contributed by atoms with van der Waals surface area (Å²) in [6, 6.07) is 0. The summed E-state index contributed by atoms with van der Waals surface area (Å²) < 4.78 is 96.4. The molecule has 0 aromatic rings. The molecule has 0 spiro atoms. The van der Waals surface area contributed by atoms with Gasteiger partial charge in [0.15, 0.2) is 12.6 Å². The monoisotopic (exact) mass is 468 g/mol. The second-order valence-electron chi connectivity index (χ2n) is 7.86. The zero-order valence-corrected chi connectivity index (χ0v) is 17.2. The third-order valence-corrected chi connectivity index (χ3v) is 9.53. The minimum absolute atomic E-state index is 0.0126. The number of hydrogen-bond donors (Lipinski definition) is 0. The van der Waals surface area contributed by atoms with E-state index in [9.17, 15) is 31.1 Å². The molecule has 5 aliphatic rings. The number of fused-ring (bicyclic) bond motifs is 4. The van der Waals surface area contributed by atoms with Crippen molar-refractivity contribution in [3.63, 3.8) is 0 Å². The molecule has 0 bridgehead atoms. The second-order valence-corrected chi connectivity index (χ2v) is 10.8. The SMILES string of the molecule is CC12SC(C=O)=CC1=C1C(=C3C=C(C4OCCO4)SC32C)C(F)(F)C(F)(F)C1(F)F. The van der Waals surface area contributed by atoms with Crippen molar-refractivity contribution in [2.24, 2.45) is 0 Å². The molecule has 0 N–H and O–H groups in total. The Bertz CT molecular complexity index is 1010. The molecule has 0 radical (unpaired) electrons. The van der Waals surface area contributed by atoms with Crippen LogP contribution in [0.5, 0.6) is 0 Å². The van der Waals surface area contributed by atoms with E-state index >= 15 is 0 Å². The molecule has 0 amide bonds. The number of rotatable bonds is 2. The molecule has 3 heterocycles. The van der Waals surface area contributed by atoms with Gasteiger partial charge in [0.1, 0.15) is 0 Å². The number of halogens is 6. The quantitative estimate of drug-likeness (QED) is 0.427. The van der Waals surface area contributed by atoms with Crippen molar-refractivity contribution in [1.82, 2.24) is 0 Å². The van der Waals surface area contributed by atoms with E-state index in [0.717, 1.165) is 29.6 Å². The summed E-state index contributed by atoms with van der Waals surface area (Å²) in [6.45, 7) is 3.56. The Morgan fingerprint density at radius 3 is 1.93 bits per heavy atom. The third kappa shape index (κ3) is 2.08. The Morgan fingerprint density at radius 2 is 1.40 bits per heavy atom. The summed E-state index contributed by atoms with van der Waals surface area (Å²) in [7, 11) is 0. The van der Waals surface area contributed by atoms with Crippen LogP contribution in [0, 0.1) is 0 Å². The van der Waals surface area contributed by atoms with Crippen LogP contribution < -0.4 is 0 Å². The van der Waals surface area contributed by atoms with Crippen molar-refractivity contribution in [2.75, 3.05) is 13.2 Å². The smallest absolute Gasteiger partial charge is 0.346 e. The summed E-state index contributed by atoms with van der Waals surface area (Å²) in [5.74, 6) is -15.8. The van der Waals surface area contributed by atoms with Crippen LogP contribution in [0.25, 0.3) is 0 Å². The summed E-state index contributed by atoms with van der Waals surface area (Å²) in [4.78, 5) is 11.8. The first-order chi connectivity index (χ1) is 13.8. The van der Waals surface area contributed by atoms with Crippen molar-refractivity contribution in [3.8, 4) is 0 Å². The average Bonchev–Trinajstić information content (AvgIpc) is 3.38. The van der Waals surface area contributed by atoms with Crippen LogP contribution >= 0.6 is 23.5 Å². The molecular weight excluding hydrogens is 454 g/mol. The molecule has 5 rings (SSSR count). The Balaban J connectivity index is 1.85. The number of carbonyl (C=O) groups is 1. The van der Waals surface area contributed by atoms with Gasteiger partial charge in [-0.1, -0.05) is 0 Å². The lowest BCUT2D eigenvalue weighted by atomic mass is 9.71. The number of ether oxygens (including phenoxy) is 2. The number of aldehydes is 1. The van der Waals surface area contributed by atoms with Gasteiger partial charge >= 0.3 is 17.8 Å². The summed E-state index contributed by atoms with van der Waals surface area (Å²) in [5.41, 5.74) is -3.42. The van der Waals surface area contributed by atoms with Gasteiger partial charge in [-0.3, -0.25) is 4.79 Å². The van der Waals surface area contributed by atoms with Gasteiger partial charge in [0.2, 0.25) is 0 Å². The maximum atomic E-state index is 14.9. The molecule has 1 saturated carbocycles. The van der Waals surface area contributed by atoms with Crippen LogP contribution in [0.15, 0.2) is 44.3 Å². The van der Waals surface area contributed by atoms with Crippen molar-refractivity contribution in [2.45, 2.75) is 47.4 Å². The van der Waals surface area contributed by atoms with Gasteiger partial charge in [-0.05, 0) is 37.1 Å². The predicted molar refractivity (Wildman–Crippen MR) is 98.8 cm³/mol. The summed E-state index contributed by atoms with van der Waals surface area (Å²) >= 11 is 1.97. The van der Waals surface area contributed by atoms with Crippen LogP contribution in [0.3, 0.4) is 0 Å². The minimum atomic E-state index is -5.61. The third-order valence-electron chi connectivity index (χ3n) is 6.33. The fraction of sp³-hybridized carbons (Fsp3) is 0.526. The van der Waals surface area contributed by atoms with E-state index in [1.165, 1.54) is 19.9 Å². The fourth-order valence-electron chi connectivity index (χ4n) is 4.66. The van der Waals surface area contributed by atoms with Gasteiger partial charge in [0, 0.05) is 21.0 Å². The normalized spacial score (nSPS) is 38.4. The number of carbonyl (C=O) groups excluding carboxylic acids is 1. The van der Waals surface area contributed by atoms with Crippen LogP contribution in [-0.4, -0.2) is 53.1 Å². The molecule has 3 nitrogen and oxygen atoms in total.